The Bertz CT molecular complexity index is 1260. The molecule has 2 aromatic heterocycles. The second kappa shape index (κ2) is 9.72. The molecule has 8 heteroatoms. The number of aromatic amines is 1. The molecule has 0 spiro atoms. The van der Waals surface area contributed by atoms with Crippen molar-refractivity contribution in [3.63, 3.8) is 0 Å². The summed E-state index contributed by atoms with van der Waals surface area (Å²) in [7, 11) is 2.09. The van der Waals surface area contributed by atoms with E-state index in [1.165, 1.54) is 5.56 Å². The predicted octanol–water partition coefficient (Wildman–Crippen LogP) is 3.44. The molecule has 34 heavy (non-hydrogen) atoms. The molecule has 2 aromatic carbocycles. The van der Waals surface area contributed by atoms with Crippen molar-refractivity contribution in [2.24, 2.45) is 0 Å². The molecule has 1 saturated heterocycles. The normalized spacial score (nSPS) is 17.3. The largest absolute Gasteiger partial charge is 0.439 e. The second-order valence-electron chi connectivity index (χ2n) is 8.70. The summed E-state index contributed by atoms with van der Waals surface area (Å²) in [6, 6.07) is 18.5. The van der Waals surface area contributed by atoms with E-state index in [1.54, 1.807) is 12.4 Å². The summed E-state index contributed by atoms with van der Waals surface area (Å²) in [4.78, 5) is 19.4. The summed E-state index contributed by atoms with van der Waals surface area (Å²) < 4.78 is 5.96. The fourth-order valence-corrected chi connectivity index (χ4v) is 4.44. The Morgan fingerprint density at radius 2 is 2.06 bits per heavy atom. The van der Waals surface area contributed by atoms with Gasteiger partial charge in [-0.15, -0.1) is 0 Å². The number of fused-ring (bicyclic) bond motifs is 1. The first-order valence-electron chi connectivity index (χ1n) is 11.3. The number of carbonyl (C=O) groups excluding carboxylic acids is 1. The van der Waals surface area contributed by atoms with Gasteiger partial charge in [-0.3, -0.25) is 19.7 Å². The van der Waals surface area contributed by atoms with Gasteiger partial charge in [0.2, 0.25) is 5.88 Å². The molecule has 1 aliphatic heterocycles. The monoisotopic (exact) mass is 457 g/mol. The van der Waals surface area contributed by atoms with E-state index < -0.39 is 6.23 Å². The maximum atomic E-state index is 10.8. The Kier molecular flexibility index (Phi) is 6.35. The average molecular weight is 458 g/mol. The van der Waals surface area contributed by atoms with E-state index in [0.717, 1.165) is 47.3 Å². The third kappa shape index (κ3) is 4.84. The number of nitrogens with zero attached hydrogens (tertiary/aromatic N) is 4. The SMILES string of the molecule is CN(Cc1ccc2cc(Oc3ccc(-c4ccn[nH]4)cn3)ccc2c1)[C@H]1CCN(C(O)C=O)C1. The van der Waals surface area contributed by atoms with Gasteiger partial charge in [0.05, 0.1) is 5.69 Å². The Hall–Kier alpha value is -3.59. The van der Waals surface area contributed by atoms with Crippen LogP contribution in [0.4, 0.5) is 0 Å². The van der Waals surface area contributed by atoms with E-state index in [0.29, 0.717) is 24.8 Å². The highest BCUT2D eigenvalue weighted by molar-refractivity contribution is 5.84. The van der Waals surface area contributed by atoms with E-state index in [9.17, 15) is 9.90 Å². The van der Waals surface area contributed by atoms with Gasteiger partial charge in [-0.2, -0.15) is 5.10 Å². The second-order valence-corrected chi connectivity index (χ2v) is 8.70. The van der Waals surface area contributed by atoms with Gasteiger partial charge in [0.15, 0.2) is 12.5 Å². The van der Waals surface area contributed by atoms with Gasteiger partial charge in [-0.1, -0.05) is 18.2 Å². The summed E-state index contributed by atoms with van der Waals surface area (Å²) >= 11 is 0. The standard InChI is InChI=1S/C26H27N5O3/c1-30(22-9-11-31(16-22)26(33)17-32)15-18-2-3-20-13-23(6-4-19(20)12-18)34-25-7-5-21(14-27-25)24-8-10-28-29-24/h2-8,10,12-14,17,22,26,33H,9,11,15-16H2,1H3,(H,28,29)/t22-,26?/m0/s1. The van der Waals surface area contributed by atoms with Crippen molar-refractivity contribution >= 4 is 17.1 Å². The first-order valence-corrected chi connectivity index (χ1v) is 11.3. The lowest BCUT2D eigenvalue weighted by atomic mass is 10.1. The molecule has 0 radical (unpaired) electrons. The van der Waals surface area contributed by atoms with Crippen LogP contribution < -0.4 is 4.74 Å². The van der Waals surface area contributed by atoms with Gasteiger partial charge < -0.3 is 9.84 Å². The lowest BCUT2D eigenvalue weighted by molar-refractivity contribution is -0.123. The van der Waals surface area contributed by atoms with E-state index in [2.05, 4.69) is 51.4 Å². The molecular weight excluding hydrogens is 430 g/mol. The highest BCUT2D eigenvalue weighted by Crippen LogP contribution is 2.27. The van der Waals surface area contributed by atoms with E-state index in [-0.39, 0.29) is 0 Å². The Morgan fingerprint density at radius 3 is 2.82 bits per heavy atom. The number of pyridine rings is 1. The molecule has 1 fully saturated rings. The number of nitrogens with one attached hydrogen (secondary N) is 1. The summed E-state index contributed by atoms with van der Waals surface area (Å²) in [6.45, 7) is 2.23. The summed E-state index contributed by atoms with van der Waals surface area (Å²) in [5, 5.41) is 18.9. The number of rotatable bonds is 8. The first kappa shape index (κ1) is 22.2. The Labute approximate surface area is 197 Å². The molecule has 2 atom stereocenters. The minimum absolute atomic E-state index is 0.313. The third-order valence-electron chi connectivity index (χ3n) is 6.39. The number of ether oxygens (including phenoxy) is 1. The Balaban J connectivity index is 1.23. The van der Waals surface area contributed by atoms with Crippen LogP contribution in [0, 0.1) is 0 Å². The maximum absolute atomic E-state index is 10.8. The topological polar surface area (TPSA) is 94.6 Å². The van der Waals surface area contributed by atoms with Crippen LogP contribution >= 0.6 is 0 Å². The molecule has 1 unspecified atom stereocenters. The molecule has 8 nitrogen and oxygen atoms in total. The molecule has 4 aromatic rings. The molecular formula is C26H27N5O3. The quantitative estimate of drug-likeness (QED) is 0.392. The zero-order valence-corrected chi connectivity index (χ0v) is 19.0. The molecule has 3 heterocycles. The first-order chi connectivity index (χ1) is 16.6. The fourth-order valence-electron chi connectivity index (χ4n) is 4.44. The summed E-state index contributed by atoms with van der Waals surface area (Å²) in [5.41, 5.74) is 3.08. The number of hydrogen-bond donors (Lipinski definition) is 2. The fraction of sp³-hybridized carbons (Fsp3) is 0.269. The van der Waals surface area contributed by atoms with Crippen molar-refractivity contribution in [1.82, 2.24) is 25.0 Å². The van der Waals surface area contributed by atoms with Crippen molar-refractivity contribution in [2.45, 2.75) is 25.2 Å². The van der Waals surface area contributed by atoms with Crippen molar-refractivity contribution in [3.8, 4) is 22.9 Å². The van der Waals surface area contributed by atoms with E-state index in [1.807, 2.05) is 35.2 Å². The van der Waals surface area contributed by atoms with Gasteiger partial charge in [0, 0.05) is 49.7 Å². The number of likely N-dealkylation sites (tertiary alicyclic amines) is 1. The minimum atomic E-state index is -1.00. The van der Waals surface area contributed by atoms with Crippen LogP contribution in [0.15, 0.2) is 67.0 Å². The number of benzene rings is 2. The molecule has 5 rings (SSSR count). The summed E-state index contributed by atoms with van der Waals surface area (Å²) in [5.74, 6) is 1.27. The van der Waals surface area contributed by atoms with Crippen LogP contribution in [0.2, 0.25) is 0 Å². The lowest BCUT2D eigenvalue weighted by Gasteiger charge is -2.25. The van der Waals surface area contributed by atoms with Crippen LogP contribution in [0.1, 0.15) is 12.0 Å². The van der Waals surface area contributed by atoms with Gasteiger partial charge in [-0.05, 0) is 60.1 Å². The third-order valence-corrected chi connectivity index (χ3v) is 6.39. The number of aliphatic hydroxyl groups is 1. The zero-order chi connectivity index (χ0) is 23.5. The van der Waals surface area contributed by atoms with Crippen LogP contribution in [-0.2, 0) is 11.3 Å². The smallest absolute Gasteiger partial charge is 0.219 e. The maximum Gasteiger partial charge on any atom is 0.219 e. The van der Waals surface area contributed by atoms with Crippen LogP contribution in [0.25, 0.3) is 22.0 Å². The number of aldehydes is 1. The number of H-pyrrole nitrogens is 1. The number of aromatic nitrogens is 3. The zero-order valence-electron chi connectivity index (χ0n) is 19.0. The number of hydrogen-bond acceptors (Lipinski definition) is 7. The van der Waals surface area contributed by atoms with Crippen molar-refractivity contribution < 1.29 is 14.6 Å². The molecule has 174 valence electrons. The number of carbonyl (C=O) groups is 1. The lowest BCUT2D eigenvalue weighted by Crippen LogP contribution is -2.38. The van der Waals surface area contributed by atoms with E-state index >= 15 is 0 Å². The van der Waals surface area contributed by atoms with E-state index in [4.69, 9.17) is 4.74 Å². The molecule has 0 saturated carbocycles. The van der Waals surface area contributed by atoms with Gasteiger partial charge in [0.1, 0.15) is 5.75 Å². The predicted molar refractivity (Wildman–Crippen MR) is 129 cm³/mol. The van der Waals surface area contributed by atoms with Gasteiger partial charge in [-0.25, -0.2) is 4.98 Å². The van der Waals surface area contributed by atoms with Gasteiger partial charge >= 0.3 is 0 Å². The van der Waals surface area contributed by atoms with Crippen LogP contribution in [-0.4, -0.2) is 68.8 Å². The van der Waals surface area contributed by atoms with Crippen LogP contribution in [0.5, 0.6) is 11.6 Å². The van der Waals surface area contributed by atoms with Crippen molar-refractivity contribution in [3.05, 3.63) is 72.6 Å². The molecule has 2 N–H and O–H groups in total. The number of likely N-dealkylation sites (N-methyl/N-ethyl adjacent to an activating group) is 1. The highest BCUT2D eigenvalue weighted by Gasteiger charge is 2.29. The average Bonchev–Trinajstić information content (AvgIpc) is 3.57. The molecule has 0 amide bonds. The van der Waals surface area contributed by atoms with Crippen LogP contribution in [0.3, 0.4) is 0 Å². The Morgan fingerprint density at radius 1 is 1.21 bits per heavy atom. The van der Waals surface area contributed by atoms with Crippen molar-refractivity contribution in [1.29, 1.82) is 0 Å². The molecule has 0 aliphatic carbocycles. The minimum Gasteiger partial charge on any atom is -0.439 e. The summed E-state index contributed by atoms with van der Waals surface area (Å²) in [6.07, 6.45) is 4.00. The number of aliphatic hydroxyl groups excluding tert-OH is 1. The van der Waals surface area contributed by atoms with Gasteiger partial charge in [0.25, 0.3) is 0 Å². The highest BCUT2D eigenvalue weighted by atomic mass is 16.5. The van der Waals surface area contributed by atoms with Crippen molar-refractivity contribution in [2.75, 3.05) is 20.1 Å². The molecule has 0 bridgehead atoms. The molecule has 1 aliphatic rings.